The molecule has 1 unspecified atom stereocenters. The van der Waals surface area contributed by atoms with Crippen molar-refractivity contribution in [3.05, 3.63) is 57.9 Å². The normalized spacial score (nSPS) is 13.9. The first-order valence-electron chi connectivity index (χ1n) is 11.4. The Hall–Kier alpha value is -3.19. The summed E-state index contributed by atoms with van der Waals surface area (Å²) in [5.41, 5.74) is 5.24. The number of ether oxygens (including phenoxy) is 1. The van der Waals surface area contributed by atoms with Crippen LogP contribution in [0, 0.1) is 6.92 Å². The molecule has 2 heterocycles. The summed E-state index contributed by atoms with van der Waals surface area (Å²) >= 11 is 1.64. The first-order valence-corrected chi connectivity index (χ1v) is 12.2. The van der Waals surface area contributed by atoms with E-state index >= 15 is 0 Å². The number of hydrogen-bond acceptors (Lipinski definition) is 5. The molecule has 1 atom stereocenters. The molecule has 7 heteroatoms. The molecule has 0 spiro atoms. The van der Waals surface area contributed by atoms with Gasteiger partial charge in [-0.1, -0.05) is 32.0 Å². The summed E-state index contributed by atoms with van der Waals surface area (Å²) in [5, 5.41) is 6.18. The molecule has 2 aromatic carbocycles. The van der Waals surface area contributed by atoms with Gasteiger partial charge in [0.25, 0.3) is 5.91 Å². The third kappa shape index (κ3) is 4.64. The van der Waals surface area contributed by atoms with Gasteiger partial charge in [0.05, 0.1) is 16.4 Å². The van der Waals surface area contributed by atoms with Crippen LogP contribution >= 0.6 is 11.3 Å². The van der Waals surface area contributed by atoms with E-state index in [1.165, 1.54) is 0 Å². The molecule has 0 saturated carbocycles. The zero-order valence-corrected chi connectivity index (χ0v) is 20.3. The molecule has 1 N–H and O–H groups in total. The van der Waals surface area contributed by atoms with Gasteiger partial charge in [-0.2, -0.15) is 0 Å². The second-order valence-corrected chi connectivity index (χ2v) is 9.18. The van der Waals surface area contributed by atoms with Gasteiger partial charge in [-0.05, 0) is 62.4 Å². The highest BCUT2D eigenvalue weighted by molar-refractivity contribution is 7.09. The number of thiazole rings is 1. The van der Waals surface area contributed by atoms with Crippen LogP contribution < -0.4 is 15.0 Å². The van der Waals surface area contributed by atoms with E-state index in [9.17, 15) is 9.59 Å². The highest BCUT2D eigenvalue weighted by atomic mass is 32.1. The number of aryl methyl sites for hydroxylation is 3. The molecule has 3 aromatic rings. The second-order valence-electron chi connectivity index (χ2n) is 8.24. The van der Waals surface area contributed by atoms with Gasteiger partial charge in [-0.15, -0.1) is 11.3 Å². The Morgan fingerprint density at radius 2 is 2.09 bits per heavy atom. The van der Waals surface area contributed by atoms with E-state index in [4.69, 9.17) is 9.72 Å². The van der Waals surface area contributed by atoms with Gasteiger partial charge in [-0.25, -0.2) is 4.98 Å². The molecule has 0 saturated heterocycles. The van der Waals surface area contributed by atoms with Gasteiger partial charge in [0.15, 0.2) is 6.61 Å². The lowest BCUT2D eigenvalue weighted by Crippen LogP contribution is -2.49. The molecule has 2 amide bonds. The maximum atomic E-state index is 13.3. The number of hydrogen-bond donors (Lipinski definition) is 1. The smallest absolute Gasteiger partial charge is 0.265 e. The van der Waals surface area contributed by atoms with Gasteiger partial charge in [0.1, 0.15) is 11.8 Å². The van der Waals surface area contributed by atoms with Crippen LogP contribution in [0.2, 0.25) is 0 Å². The number of amides is 2. The molecule has 1 aliphatic rings. The quantitative estimate of drug-likeness (QED) is 0.510. The average molecular weight is 464 g/mol. The lowest BCUT2D eigenvalue weighted by Gasteiger charge is -2.33. The number of benzene rings is 2. The lowest BCUT2D eigenvalue weighted by molar-refractivity contribution is -0.125. The summed E-state index contributed by atoms with van der Waals surface area (Å²) in [7, 11) is 0. The van der Waals surface area contributed by atoms with E-state index in [1.54, 1.807) is 23.2 Å². The topological polar surface area (TPSA) is 71.5 Å². The number of carbonyl (C=O) groups excluding carboxylic acids is 2. The predicted molar refractivity (Wildman–Crippen MR) is 133 cm³/mol. The summed E-state index contributed by atoms with van der Waals surface area (Å²) in [5.74, 6) is 0.115. The fraction of sp³-hybridized carbons (Fsp3) is 0.346. The lowest BCUT2D eigenvalue weighted by atomic mass is 10.0. The number of anilines is 2. The van der Waals surface area contributed by atoms with Crippen molar-refractivity contribution >= 4 is 34.5 Å². The third-order valence-corrected chi connectivity index (χ3v) is 6.81. The molecule has 172 valence electrons. The number of fused-ring (bicyclic) bond motifs is 1. The number of para-hydroxylation sites is 1. The van der Waals surface area contributed by atoms with E-state index in [0.717, 1.165) is 52.3 Å². The zero-order chi connectivity index (χ0) is 23.5. The average Bonchev–Trinajstić information content (AvgIpc) is 3.28. The molecule has 6 nitrogen and oxygen atoms in total. The maximum absolute atomic E-state index is 13.3. The Balaban J connectivity index is 1.64. The van der Waals surface area contributed by atoms with E-state index in [0.29, 0.717) is 11.4 Å². The Bertz CT molecular complexity index is 1190. The van der Waals surface area contributed by atoms with Crippen molar-refractivity contribution in [2.45, 2.75) is 53.0 Å². The van der Waals surface area contributed by atoms with Gasteiger partial charge in [0.2, 0.25) is 5.91 Å². The van der Waals surface area contributed by atoms with Gasteiger partial charge < -0.3 is 10.1 Å². The minimum Gasteiger partial charge on any atom is -0.482 e. The zero-order valence-electron chi connectivity index (χ0n) is 19.5. The SMILES string of the molecule is CCCc1nc(-c2ccc3c(c2)N(C(C)C(=O)Nc2c(C)cccc2CC)C(=O)CO3)cs1. The largest absolute Gasteiger partial charge is 0.482 e. The minimum absolute atomic E-state index is 0.0914. The number of nitrogens with one attached hydrogen (secondary N) is 1. The van der Waals surface area contributed by atoms with Crippen LogP contribution in [0.1, 0.15) is 43.3 Å². The Kier molecular flexibility index (Phi) is 6.79. The molecular weight excluding hydrogens is 434 g/mol. The number of aromatic nitrogens is 1. The molecule has 1 aliphatic heterocycles. The van der Waals surface area contributed by atoms with Crippen molar-refractivity contribution in [3.8, 4) is 17.0 Å². The monoisotopic (exact) mass is 463 g/mol. The number of rotatable bonds is 7. The molecule has 1 aromatic heterocycles. The summed E-state index contributed by atoms with van der Waals surface area (Å²) in [4.78, 5) is 32.4. The van der Waals surface area contributed by atoms with E-state index in [-0.39, 0.29) is 18.4 Å². The third-order valence-electron chi connectivity index (χ3n) is 5.90. The van der Waals surface area contributed by atoms with E-state index < -0.39 is 6.04 Å². The summed E-state index contributed by atoms with van der Waals surface area (Å²) in [6.45, 7) is 7.82. The summed E-state index contributed by atoms with van der Waals surface area (Å²) < 4.78 is 5.66. The van der Waals surface area contributed by atoms with Gasteiger partial charge in [0, 0.05) is 16.6 Å². The Morgan fingerprint density at radius 3 is 2.85 bits per heavy atom. The van der Waals surface area contributed by atoms with E-state index in [1.807, 2.05) is 48.7 Å². The van der Waals surface area contributed by atoms with Crippen LogP contribution in [0.25, 0.3) is 11.3 Å². The van der Waals surface area contributed by atoms with Gasteiger partial charge in [-0.3, -0.25) is 14.5 Å². The summed E-state index contributed by atoms with van der Waals surface area (Å²) in [6, 6.07) is 11.0. The summed E-state index contributed by atoms with van der Waals surface area (Å²) in [6.07, 6.45) is 2.79. The minimum atomic E-state index is -0.703. The number of nitrogens with zero attached hydrogens (tertiary/aromatic N) is 2. The molecular formula is C26H29N3O3S. The van der Waals surface area contributed by atoms with Crippen LogP contribution in [0.5, 0.6) is 5.75 Å². The molecule has 0 bridgehead atoms. The van der Waals surface area contributed by atoms with Crippen LogP contribution in [0.3, 0.4) is 0 Å². The Labute approximate surface area is 198 Å². The maximum Gasteiger partial charge on any atom is 0.265 e. The molecule has 0 fully saturated rings. The molecule has 0 aliphatic carbocycles. The van der Waals surface area contributed by atoms with Crippen LogP contribution in [0.15, 0.2) is 41.8 Å². The molecule has 33 heavy (non-hydrogen) atoms. The first kappa shape index (κ1) is 23.0. The Morgan fingerprint density at radius 1 is 1.27 bits per heavy atom. The number of carbonyl (C=O) groups is 2. The van der Waals surface area contributed by atoms with Crippen molar-refractivity contribution in [2.24, 2.45) is 0 Å². The van der Waals surface area contributed by atoms with Crippen molar-refractivity contribution < 1.29 is 14.3 Å². The first-order chi connectivity index (χ1) is 15.9. The predicted octanol–water partition coefficient (Wildman–Crippen LogP) is 5.39. The highest BCUT2D eigenvalue weighted by Crippen LogP contribution is 2.37. The van der Waals surface area contributed by atoms with Crippen LogP contribution in [-0.2, 0) is 22.4 Å². The van der Waals surface area contributed by atoms with Crippen molar-refractivity contribution in [3.63, 3.8) is 0 Å². The van der Waals surface area contributed by atoms with Crippen molar-refractivity contribution in [1.29, 1.82) is 0 Å². The fourth-order valence-electron chi connectivity index (χ4n) is 4.07. The van der Waals surface area contributed by atoms with Gasteiger partial charge >= 0.3 is 0 Å². The second kappa shape index (κ2) is 9.75. The van der Waals surface area contributed by atoms with Crippen molar-refractivity contribution in [2.75, 3.05) is 16.8 Å². The highest BCUT2D eigenvalue weighted by Gasteiger charge is 2.34. The van der Waals surface area contributed by atoms with Crippen LogP contribution in [-0.4, -0.2) is 29.4 Å². The fourth-order valence-corrected chi connectivity index (χ4v) is 4.98. The van der Waals surface area contributed by atoms with E-state index in [2.05, 4.69) is 19.2 Å². The molecule has 4 rings (SSSR count). The van der Waals surface area contributed by atoms with Crippen molar-refractivity contribution in [1.82, 2.24) is 4.98 Å². The standard InChI is InChI=1S/C26H29N3O3S/c1-5-8-23-27-20(15-33-23)19-11-12-22-21(13-19)29(24(30)14-32-22)17(4)26(31)28-25-16(3)9-7-10-18(25)6-2/h7,9-13,15,17H,5-6,8,14H2,1-4H3,(H,28,31). The van der Waals surface area contributed by atoms with Crippen LogP contribution in [0.4, 0.5) is 11.4 Å². The molecule has 0 radical (unpaired) electrons.